The van der Waals surface area contributed by atoms with E-state index in [1.54, 1.807) is 12.0 Å². The molecule has 0 unspecified atom stereocenters. The van der Waals surface area contributed by atoms with Crippen molar-refractivity contribution in [2.24, 2.45) is 5.92 Å². The summed E-state index contributed by atoms with van der Waals surface area (Å²) in [7, 11) is 1.64. The van der Waals surface area contributed by atoms with E-state index < -0.39 is 0 Å². The SMILES string of the molecule is COc1cccc(CO[C@H]2CN(CCc3ccccc3)C(=O)CN(C(=O)C(C)C)C2)c1. The number of benzene rings is 2. The quantitative estimate of drug-likeness (QED) is 0.653. The molecular formula is C25H32N2O4. The first-order valence-electron chi connectivity index (χ1n) is 10.8. The van der Waals surface area contributed by atoms with Gasteiger partial charge in [0.05, 0.1) is 26.4 Å². The molecule has 3 rings (SSSR count). The van der Waals surface area contributed by atoms with Crippen LogP contribution in [0.3, 0.4) is 0 Å². The first-order chi connectivity index (χ1) is 15.0. The molecule has 0 saturated carbocycles. The third-order valence-electron chi connectivity index (χ3n) is 5.47. The van der Waals surface area contributed by atoms with E-state index in [4.69, 9.17) is 9.47 Å². The molecule has 1 aliphatic heterocycles. The molecule has 1 heterocycles. The van der Waals surface area contributed by atoms with Crippen LogP contribution in [0.25, 0.3) is 0 Å². The lowest BCUT2D eigenvalue weighted by molar-refractivity contribution is -0.140. The van der Waals surface area contributed by atoms with E-state index >= 15 is 0 Å². The van der Waals surface area contributed by atoms with Crippen LogP contribution in [0.4, 0.5) is 0 Å². The second-order valence-corrected chi connectivity index (χ2v) is 8.23. The summed E-state index contributed by atoms with van der Waals surface area (Å²) in [4.78, 5) is 29.1. The van der Waals surface area contributed by atoms with Gasteiger partial charge in [-0.25, -0.2) is 0 Å². The standard InChI is InChI=1S/C25H32N2O4/c1-19(2)25(29)27-16-23(31-18-21-10-7-11-22(14-21)30-3)15-26(24(28)17-27)13-12-20-8-5-4-6-9-20/h4-11,14,19,23H,12-13,15-18H2,1-3H3/t23-/m0/s1. The maximum Gasteiger partial charge on any atom is 0.242 e. The Morgan fingerprint density at radius 1 is 1.06 bits per heavy atom. The molecular weight excluding hydrogens is 392 g/mol. The van der Waals surface area contributed by atoms with Crippen molar-refractivity contribution in [2.75, 3.05) is 33.3 Å². The molecule has 2 amide bonds. The zero-order valence-corrected chi connectivity index (χ0v) is 18.6. The first kappa shape index (κ1) is 22.8. The molecule has 166 valence electrons. The summed E-state index contributed by atoms with van der Waals surface area (Å²) in [5, 5.41) is 0. The van der Waals surface area contributed by atoms with E-state index in [0.29, 0.717) is 26.2 Å². The number of nitrogens with zero attached hydrogens (tertiary/aromatic N) is 2. The highest BCUT2D eigenvalue weighted by molar-refractivity contribution is 5.86. The zero-order valence-electron chi connectivity index (χ0n) is 18.6. The average molecular weight is 425 g/mol. The Morgan fingerprint density at radius 3 is 2.52 bits per heavy atom. The summed E-state index contributed by atoms with van der Waals surface area (Å²) in [6.07, 6.45) is 0.518. The molecule has 1 aliphatic rings. The number of amides is 2. The average Bonchev–Trinajstić information content (AvgIpc) is 2.95. The van der Waals surface area contributed by atoms with Crippen molar-refractivity contribution < 1.29 is 19.1 Å². The van der Waals surface area contributed by atoms with E-state index in [1.165, 1.54) is 5.56 Å². The van der Waals surface area contributed by atoms with E-state index in [-0.39, 0.29) is 30.4 Å². The predicted molar refractivity (Wildman–Crippen MR) is 120 cm³/mol. The van der Waals surface area contributed by atoms with Gasteiger partial charge in [-0.1, -0.05) is 56.3 Å². The Labute approximate surface area is 184 Å². The van der Waals surface area contributed by atoms with Crippen LogP contribution in [-0.4, -0.2) is 61.0 Å². The van der Waals surface area contributed by atoms with Crippen molar-refractivity contribution >= 4 is 11.8 Å². The Morgan fingerprint density at radius 2 is 1.81 bits per heavy atom. The second-order valence-electron chi connectivity index (χ2n) is 8.23. The molecule has 0 spiro atoms. The minimum absolute atomic E-state index is 0.0201. The van der Waals surface area contributed by atoms with Gasteiger partial charge in [0.15, 0.2) is 0 Å². The van der Waals surface area contributed by atoms with Crippen molar-refractivity contribution in [1.82, 2.24) is 9.80 Å². The number of hydrogen-bond acceptors (Lipinski definition) is 4. The molecule has 2 aromatic carbocycles. The van der Waals surface area contributed by atoms with E-state index in [2.05, 4.69) is 12.1 Å². The molecule has 6 nitrogen and oxygen atoms in total. The van der Waals surface area contributed by atoms with Crippen molar-refractivity contribution in [3.8, 4) is 5.75 Å². The van der Waals surface area contributed by atoms with Gasteiger partial charge in [0.2, 0.25) is 11.8 Å². The van der Waals surface area contributed by atoms with Gasteiger partial charge in [-0.2, -0.15) is 0 Å². The summed E-state index contributed by atoms with van der Waals surface area (Å²) < 4.78 is 11.5. The monoisotopic (exact) mass is 424 g/mol. The van der Waals surface area contributed by atoms with Crippen LogP contribution in [0.5, 0.6) is 5.75 Å². The first-order valence-corrected chi connectivity index (χ1v) is 10.8. The molecule has 31 heavy (non-hydrogen) atoms. The fourth-order valence-corrected chi connectivity index (χ4v) is 3.72. The fourth-order valence-electron chi connectivity index (χ4n) is 3.72. The Balaban J connectivity index is 1.70. The number of rotatable bonds is 8. The third-order valence-corrected chi connectivity index (χ3v) is 5.47. The highest BCUT2D eigenvalue weighted by atomic mass is 16.5. The molecule has 2 aromatic rings. The Hall–Kier alpha value is -2.86. The minimum Gasteiger partial charge on any atom is -0.497 e. The number of ether oxygens (including phenoxy) is 2. The number of carbonyl (C=O) groups excluding carboxylic acids is 2. The second kappa shape index (κ2) is 11.0. The third kappa shape index (κ3) is 6.56. The van der Waals surface area contributed by atoms with Crippen LogP contribution in [0.1, 0.15) is 25.0 Å². The van der Waals surface area contributed by atoms with Gasteiger partial charge in [0.25, 0.3) is 0 Å². The number of carbonyl (C=O) groups is 2. The topological polar surface area (TPSA) is 59.1 Å². The van der Waals surface area contributed by atoms with Crippen LogP contribution >= 0.6 is 0 Å². The summed E-state index contributed by atoms with van der Waals surface area (Å²) in [5.74, 6) is 0.562. The molecule has 1 saturated heterocycles. The summed E-state index contributed by atoms with van der Waals surface area (Å²) in [6.45, 7) is 5.70. The van der Waals surface area contributed by atoms with Crippen molar-refractivity contribution in [1.29, 1.82) is 0 Å². The molecule has 1 fully saturated rings. The molecule has 0 radical (unpaired) electrons. The van der Waals surface area contributed by atoms with Gasteiger partial charge in [0.1, 0.15) is 5.75 Å². The molecule has 0 bridgehead atoms. The van der Waals surface area contributed by atoms with Crippen molar-refractivity contribution in [2.45, 2.75) is 33.0 Å². The lowest BCUT2D eigenvalue weighted by Crippen LogP contribution is -2.41. The smallest absolute Gasteiger partial charge is 0.242 e. The fraction of sp³-hybridized carbons (Fsp3) is 0.440. The maximum absolute atomic E-state index is 12.9. The maximum atomic E-state index is 12.9. The van der Waals surface area contributed by atoms with E-state index in [0.717, 1.165) is 17.7 Å². The van der Waals surface area contributed by atoms with Gasteiger partial charge < -0.3 is 19.3 Å². The molecule has 0 aromatic heterocycles. The molecule has 6 heteroatoms. The van der Waals surface area contributed by atoms with Crippen LogP contribution in [0, 0.1) is 5.92 Å². The zero-order chi connectivity index (χ0) is 22.2. The molecule has 0 aliphatic carbocycles. The Kier molecular flexibility index (Phi) is 8.06. The van der Waals surface area contributed by atoms with Gasteiger partial charge in [-0.05, 0) is 29.7 Å². The van der Waals surface area contributed by atoms with E-state index in [9.17, 15) is 9.59 Å². The van der Waals surface area contributed by atoms with Crippen LogP contribution in [0.15, 0.2) is 54.6 Å². The summed E-state index contributed by atoms with van der Waals surface area (Å²) >= 11 is 0. The Bertz CT molecular complexity index is 869. The highest BCUT2D eigenvalue weighted by Gasteiger charge is 2.31. The lowest BCUT2D eigenvalue weighted by Gasteiger charge is -2.25. The van der Waals surface area contributed by atoms with Crippen molar-refractivity contribution in [3.05, 3.63) is 65.7 Å². The number of methoxy groups -OCH3 is 1. The predicted octanol–water partition coefficient (Wildman–Crippen LogP) is 3.15. The van der Waals surface area contributed by atoms with Crippen LogP contribution < -0.4 is 4.74 Å². The van der Waals surface area contributed by atoms with Crippen LogP contribution in [-0.2, 0) is 27.4 Å². The van der Waals surface area contributed by atoms with E-state index in [1.807, 2.05) is 61.2 Å². The van der Waals surface area contributed by atoms with Crippen molar-refractivity contribution in [3.63, 3.8) is 0 Å². The lowest BCUT2D eigenvalue weighted by atomic mass is 10.1. The normalized spacial score (nSPS) is 17.0. The summed E-state index contributed by atoms with van der Waals surface area (Å²) in [6, 6.07) is 17.9. The van der Waals surface area contributed by atoms with Gasteiger partial charge >= 0.3 is 0 Å². The van der Waals surface area contributed by atoms with Gasteiger partial charge in [-0.3, -0.25) is 9.59 Å². The summed E-state index contributed by atoms with van der Waals surface area (Å²) in [5.41, 5.74) is 2.18. The van der Waals surface area contributed by atoms with Gasteiger partial charge in [-0.15, -0.1) is 0 Å². The molecule has 1 atom stereocenters. The largest absolute Gasteiger partial charge is 0.497 e. The highest BCUT2D eigenvalue weighted by Crippen LogP contribution is 2.17. The number of hydrogen-bond donors (Lipinski definition) is 0. The molecule has 0 N–H and O–H groups in total. The van der Waals surface area contributed by atoms with Crippen LogP contribution in [0.2, 0.25) is 0 Å². The minimum atomic E-state index is -0.254. The van der Waals surface area contributed by atoms with Gasteiger partial charge in [0, 0.05) is 25.6 Å².